The zero-order chi connectivity index (χ0) is 25.6. The van der Waals surface area contributed by atoms with Crippen molar-refractivity contribution in [2.24, 2.45) is 22.7 Å². The Balaban J connectivity index is 1.70. The Morgan fingerprint density at radius 3 is 2.74 bits per heavy atom. The lowest BCUT2D eigenvalue weighted by molar-refractivity contribution is -0.168. The van der Waals surface area contributed by atoms with Gasteiger partial charge in [-0.2, -0.15) is 11.8 Å². The highest BCUT2D eigenvalue weighted by Gasteiger charge is 2.57. The molecule has 6 nitrogen and oxygen atoms in total. The van der Waals surface area contributed by atoms with Crippen molar-refractivity contribution in [3.8, 4) is 0 Å². The zero-order valence-electron chi connectivity index (χ0n) is 22.1. The van der Waals surface area contributed by atoms with Gasteiger partial charge >= 0.3 is 11.9 Å². The van der Waals surface area contributed by atoms with Crippen LogP contribution in [0.4, 0.5) is 0 Å². The molecule has 35 heavy (non-hydrogen) atoms. The van der Waals surface area contributed by atoms with Crippen LogP contribution >= 0.6 is 11.8 Å². The van der Waals surface area contributed by atoms with E-state index in [1.165, 1.54) is 19.8 Å². The first-order chi connectivity index (χ1) is 16.7. The van der Waals surface area contributed by atoms with E-state index < -0.39 is 5.41 Å². The first-order valence-electron chi connectivity index (χ1n) is 12.8. The molecule has 0 amide bonds. The van der Waals surface area contributed by atoms with Gasteiger partial charge in [-0.3, -0.25) is 14.9 Å². The first-order valence-corrected chi connectivity index (χ1v) is 14.2. The van der Waals surface area contributed by atoms with Crippen molar-refractivity contribution < 1.29 is 23.5 Å². The summed E-state index contributed by atoms with van der Waals surface area (Å²) in [4.78, 5) is 25.0. The number of methoxy groups -OCH3 is 2. The Morgan fingerprint density at radius 1 is 1.29 bits per heavy atom. The van der Waals surface area contributed by atoms with Crippen molar-refractivity contribution in [3.63, 3.8) is 0 Å². The van der Waals surface area contributed by atoms with E-state index >= 15 is 0 Å². The van der Waals surface area contributed by atoms with E-state index in [1.54, 1.807) is 18.0 Å². The number of fused-ring (bicyclic) bond motifs is 1. The molecule has 0 radical (unpaired) electrons. The highest BCUT2D eigenvalue weighted by Crippen LogP contribution is 2.62. The third-order valence-electron chi connectivity index (χ3n) is 8.82. The van der Waals surface area contributed by atoms with Crippen LogP contribution in [0.2, 0.25) is 0 Å². The number of thioether (sulfide) groups is 1. The Bertz CT molecular complexity index is 898. The Morgan fingerprint density at radius 2 is 2.06 bits per heavy atom. The smallest absolute Gasteiger partial charge is 0.322 e. The van der Waals surface area contributed by atoms with Crippen molar-refractivity contribution >= 4 is 23.7 Å². The number of hydrogen-bond donors (Lipinski definition) is 1. The maximum atomic E-state index is 12.8. The van der Waals surface area contributed by atoms with Gasteiger partial charge in [0.05, 0.1) is 32.4 Å². The number of furan rings is 1. The maximum absolute atomic E-state index is 12.8. The summed E-state index contributed by atoms with van der Waals surface area (Å²) < 4.78 is 16.0. The van der Waals surface area contributed by atoms with Gasteiger partial charge in [0.1, 0.15) is 11.8 Å². The normalized spacial score (nSPS) is 29.3. The lowest BCUT2D eigenvalue weighted by atomic mass is 9.46. The molecule has 1 aromatic heterocycles. The fraction of sp³-hybridized carbons (Fsp3) is 0.714. The van der Waals surface area contributed by atoms with E-state index in [4.69, 9.17) is 13.9 Å². The van der Waals surface area contributed by atoms with Gasteiger partial charge in [-0.05, 0) is 92.8 Å². The number of allylic oxidation sites excluding steroid dienone is 1. The Kier molecular flexibility index (Phi) is 9.55. The first kappa shape index (κ1) is 27.9. The lowest BCUT2D eigenvalue weighted by Gasteiger charge is -2.57. The summed E-state index contributed by atoms with van der Waals surface area (Å²) >= 11 is 1.71. The van der Waals surface area contributed by atoms with Gasteiger partial charge in [0.15, 0.2) is 0 Å². The SMILES string of the molecule is C=C1CCC2C(C)(C(=O)OC)CCCC2(C)C1CCc1ccoc1CNC(CCSC)C(=O)OC. The van der Waals surface area contributed by atoms with Crippen LogP contribution in [0.5, 0.6) is 0 Å². The predicted octanol–water partition coefficient (Wildman–Crippen LogP) is 5.55. The van der Waals surface area contributed by atoms with E-state index in [0.29, 0.717) is 24.8 Å². The predicted molar refractivity (Wildman–Crippen MR) is 140 cm³/mol. The van der Waals surface area contributed by atoms with E-state index in [2.05, 4.69) is 25.7 Å². The summed E-state index contributed by atoms with van der Waals surface area (Å²) in [5, 5.41) is 3.33. The van der Waals surface area contributed by atoms with Crippen LogP contribution in [0.15, 0.2) is 28.9 Å². The van der Waals surface area contributed by atoms with Gasteiger partial charge < -0.3 is 13.9 Å². The second kappa shape index (κ2) is 12.0. The molecular formula is C28H43NO5S. The molecular weight excluding hydrogens is 462 g/mol. The van der Waals surface area contributed by atoms with Gasteiger partial charge in [0.25, 0.3) is 0 Å². The summed E-state index contributed by atoms with van der Waals surface area (Å²) in [6, 6.07) is 1.69. The molecule has 2 aliphatic rings. The van der Waals surface area contributed by atoms with Gasteiger partial charge in [-0.25, -0.2) is 0 Å². The van der Waals surface area contributed by atoms with Crippen molar-refractivity contribution in [2.75, 3.05) is 26.2 Å². The van der Waals surface area contributed by atoms with Crippen molar-refractivity contribution in [1.82, 2.24) is 5.32 Å². The lowest BCUT2D eigenvalue weighted by Crippen LogP contribution is -2.53. The molecule has 2 aliphatic carbocycles. The minimum Gasteiger partial charge on any atom is -0.469 e. The zero-order valence-corrected chi connectivity index (χ0v) is 22.9. The van der Waals surface area contributed by atoms with Gasteiger partial charge in [-0.1, -0.05) is 25.5 Å². The molecule has 0 aromatic carbocycles. The van der Waals surface area contributed by atoms with E-state index in [9.17, 15) is 9.59 Å². The molecule has 2 saturated carbocycles. The third-order valence-corrected chi connectivity index (χ3v) is 9.46. The molecule has 0 spiro atoms. The van der Waals surface area contributed by atoms with E-state index in [-0.39, 0.29) is 23.4 Å². The average molecular weight is 506 g/mol. The standard InChI is InChI=1S/C28H43NO5S/c1-19-8-11-24-27(2,14-7-15-28(24,3)26(31)33-5)21(19)10-9-20-12-16-34-23(20)18-29-22(13-17-35-6)25(30)32-4/h12,16,21-22,24,29H,1,7-11,13-15,17-18H2,2-6H3. The summed E-state index contributed by atoms with van der Waals surface area (Å²) in [5.74, 6) is 2.10. The van der Waals surface area contributed by atoms with Crippen LogP contribution in [0, 0.1) is 22.7 Å². The van der Waals surface area contributed by atoms with Crippen LogP contribution in [-0.2, 0) is 32.0 Å². The maximum Gasteiger partial charge on any atom is 0.322 e. The largest absolute Gasteiger partial charge is 0.469 e. The van der Waals surface area contributed by atoms with Crippen molar-refractivity contribution in [1.29, 1.82) is 0 Å². The Labute approximate surface area is 215 Å². The molecule has 0 bridgehead atoms. The van der Waals surface area contributed by atoms with Crippen LogP contribution < -0.4 is 5.32 Å². The number of nitrogens with one attached hydrogen (secondary N) is 1. The van der Waals surface area contributed by atoms with Crippen LogP contribution in [0.25, 0.3) is 0 Å². The summed E-state index contributed by atoms with van der Waals surface area (Å²) in [5.41, 5.74) is 2.08. The number of hydrogen-bond acceptors (Lipinski definition) is 7. The average Bonchev–Trinajstić information content (AvgIpc) is 3.29. The molecule has 1 aromatic rings. The second-order valence-electron chi connectivity index (χ2n) is 10.7. The monoisotopic (exact) mass is 505 g/mol. The minimum atomic E-state index is -0.426. The van der Waals surface area contributed by atoms with Gasteiger partial charge in [-0.15, -0.1) is 0 Å². The fourth-order valence-corrected chi connectivity index (χ4v) is 7.37. The van der Waals surface area contributed by atoms with Gasteiger partial charge in [0.2, 0.25) is 0 Å². The van der Waals surface area contributed by atoms with Crippen molar-refractivity contribution in [2.45, 2.75) is 77.8 Å². The highest BCUT2D eigenvalue weighted by atomic mass is 32.2. The molecule has 5 atom stereocenters. The van der Waals surface area contributed by atoms with E-state index in [0.717, 1.165) is 62.0 Å². The quantitative estimate of drug-likeness (QED) is 0.312. The number of carbonyl (C=O) groups is 2. The second-order valence-corrected chi connectivity index (χ2v) is 11.7. The topological polar surface area (TPSA) is 77.8 Å². The third kappa shape index (κ3) is 5.82. The number of aryl methyl sites for hydroxylation is 1. The van der Waals surface area contributed by atoms with Crippen molar-refractivity contribution in [3.05, 3.63) is 35.8 Å². The van der Waals surface area contributed by atoms with Crippen LogP contribution in [0.3, 0.4) is 0 Å². The Hall–Kier alpha value is -1.73. The van der Waals surface area contributed by atoms with Crippen LogP contribution in [0.1, 0.15) is 70.1 Å². The molecule has 5 unspecified atom stereocenters. The summed E-state index contributed by atoms with van der Waals surface area (Å²) in [7, 11) is 2.94. The van der Waals surface area contributed by atoms with Gasteiger partial charge in [0, 0.05) is 0 Å². The number of ether oxygens (including phenoxy) is 2. The summed E-state index contributed by atoms with van der Waals surface area (Å²) in [6.45, 7) is 9.45. The number of carbonyl (C=O) groups excluding carboxylic acids is 2. The number of rotatable bonds is 11. The molecule has 1 N–H and O–H groups in total. The van der Waals surface area contributed by atoms with Crippen LogP contribution in [-0.4, -0.2) is 44.2 Å². The molecule has 0 saturated heterocycles. The van der Waals surface area contributed by atoms with E-state index in [1.807, 2.05) is 12.3 Å². The molecule has 196 valence electrons. The molecule has 0 aliphatic heterocycles. The summed E-state index contributed by atoms with van der Waals surface area (Å²) in [6.07, 6.45) is 11.3. The molecule has 2 fully saturated rings. The highest BCUT2D eigenvalue weighted by molar-refractivity contribution is 7.98. The molecule has 7 heteroatoms. The minimum absolute atomic E-state index is 0.0342. The molecule has 3 rings (SSSR count). The fourth-order valence-electron chi connectivity index (χ4n) is 6.90. The number of esters is 2. The molecule has 1 heterocycles.